The first-order valence-corrected chi connectivity index (χ1v) is 9.32. The first-order chi connectivity index (χ1) is 11.9. The number of nitrogens with one attached hydrogen (secondary N) is 1. The highest BCUT2D eigenvalue weighted by atomic mass is 19.1. The van der Waals surface area contributed by atoms with E-state index < -0.39 is 11.6 Å². The Kier molecular flexibility index (Phi) is 4.20. The molecule has 5 heteroatoms. The Balaban J connectivity index is 1.34. The predicted molar refractivity (Wildman–Crippen MR) is 90.1 cm³/mol. The van der Waals surface area contributed by atoms with Crippen LogP contribution in [-0.2, 0) is 4.79 Å². The molecule has 25 heavy (non-hydrogen) atoms. The average Bonchev–Trinajstić information content (AvgIpc) is 2.52. The fourth-order valence-electron chi connectivity index (χ4n) is 5.61. The van der Waals surface area contributed by atoms with Gasteiger partial charge in [0, 0.05) is 11.5 Å². The van der Waals surface area contributed by atoms with Crippen LogP contribution in [0.5, 0.6) is 5.75 Å². The number of carbonyl (C=O) groups excluding carboxylic acids is 1. The molecule has 0 spiro atoms. The van der Waals surface area contributed by atoms with E-state index in [-0.39, 0.29) is 29.7 Å². The SMILES string of the molecule is C[C@H](COc1ccc(F)cc1F)NC(=O)C12CC3CC(CC(C3)C1)C2. The molecule has 136 valence electrons. The molecule has 3 nitrogen and oxygen atoms in total. The van der Waals surface area contributed by atoms with Crippen LogP contribution in [0.3, 0.4) is 0 Å². The van der Waals surface area contributed by atoms with Crippen molar-refractivity contribution >= 4 is 5.91 Å². The molecule has 0 radical (unpaired) electrons. The second-order valence-electron chi connectivity index (χ2n) is 8.46. The van der Waals surface area contributed by atoms with Gasteiger partial charge in [0.05, 0.1) is 6.04 Å². The van der Waals surface area contributed by atoms with E-state index in [0.29, 0.717) is 0 Å². The summed E-state index contributed by atoms with van der Waals surface area (Å²) >= 11 is 0. The summed E-state index contributed by atoms with van der Waals surface area (Å²) in [5.74, 6) is 0.956. The summed E-state index contributed by atoms with van der Waals surface area (Å²) in [6.45, 7) is 2.03. The van der Waals surface area contributed by atoms with Crippen LogP contribution in [0.2, 0.25) is 0 Å². The number of amides is 1. The Morgan fingerprint density at radius 3 is 2.36 bits per heavy atom. The van der Waals surface area contributed by atoms with Crippen LogP contribution in [0, 0.1) is 34.8 Å². The number of rotatable bonds is 5. The van der Waals surface area contributed by atoms with Crippen molar-refractivity contribution in [1.82, 2.24) is 5.32 Å². The second kappa shape index (κ2) is 6.26. The Hall–Kier alpha value is -1.65. The molecule has 1 aromatic carbocycles. The van der Waals surface area contributed by atoms with Crippen LogP contribution in [-0.4, -0.2) is 18.6 Å². The maximum absolute atomic E-state index is 13.6. The molecule has 0 aliphatic heterocycles. The monoisotopic (exact) mass is 349 g/mol. The van der Waals surface area contributed by atoms with Crippen LogP contribution in [0.25, 0.3) is 0 Å². The molecule has 1 N–H and O–H groups in total. The Bertz CT molecular complexity index is 640. The molecule has 4 bridgehead atoms. The van der Waals surface area contributed by atoms with E-state index in [4.69, 9.17) is 4.74 Å². The summed E-state index contributed by atoms with van der Waals surface area (Å²) in [6.07, 6.45) is 6.96. The van der Waals surface area contributed by atoms with Crippen molar-refractivity contribution in [1.29, 1.82) is 0 Å². The van der Waals surface area contributed by atoms with Crippen molar-refractivity contribution in [3.05, 3.63) is 29.8 Å². The number of halogens is 2. The Morgan fingerprint density at radius 2 is 1.80 bits per heavy atom. The molecule has 4 saturated carbocycles. The highest BCUT2D eigenvalue weighted by Crippen LogP contribution is 2.60. The number of benzene rings is 1. The van der Waals surface area contributed by atoms with Crippen molar-refractivity contribution in [2.24, 2.45) is 23.2 Å². The van der Waals surface area contributed by atoms with E-state index in [0.717, 1.165) is 49.1 Å². The second-order valence-corrected chi connectivity index (χ2v) is 8.46. The fourth-order valence-corrected chi connectivity index (χ4v) is 5.61. The molecule has 0 saturated heterocycles. The van der Waals surface area contributed by atoms with Gasteiger partial charge in [-0.2, -0.15) is 0 Å². The molecule has 0 aromatic heterocycles. The van der Waals surface area contributed by atoms with E-state index in [1.807, 2.05) is 6.92 Å². The number of carbonyl (C=O) groups is 1. The molecular weight excluding hydrogens is 324 g/mol. The van der Waals surface area contributed by atoms with Crippen molar-refractivity contribution in [2.75, 3.05) is 6.61 Å². The van der Waals surface area contributed by atoms with Crippen LogP contribution in [0.15, 0.2) is 18.2 Å². The lowest BCUT2D eigenvalue weighted by Gasteiger charge is -2.55. The van der Waals surface area contributed by atoms with Crippen molar-refractivity contribution < 1.29 is 18.3 Å². The number of ether oxygens (including phenoxy) is 1. The third-order valence-corrected chi connectivity index (χ3v) is 6.28. The molecule has 5 rings (SSSR count). The minimum Gasteiger partial charge on any atom is -0.488 e. The smallest absolute Gasteiger partial charge is 0.226 e. The third-order valence-electron chi connectivity index (χ3n) is 6.28. The highest BCUT2D eigenvalue weighted by Gasteiger charge is 2.54. The predicted octanol–water partition coefficient (Wildman–Crippen LogP) is 4.06. The van der Waals surface area contributed by atoms with Gasteiger partial charge in [-0.05, 0) is 75.3 Å². The standard InChI is InChI=1S/C20H25F2NO2/c1-12(11-25-18-3-2-16(21)7-17(18)22)23-19(24)20-8-13-4-14(9-20)6-15(5-13)10-20/h2-3,7,12-15H,4-6,8-11H2,1H3,(H,23,24)/t12-,13?,14?,15?,20?/m1/s1. The van der Waals surface area contributed by atoms with E-state index in [1.54, 1.807) is 0 Å². The summed E-state index contributed by atoms with van der Waals surface area (Å²) < 4.78 is 32.0. The van der Waals surface area contributed by atoms with Crippen molar-refractivity contribution in [2.45, 2.75) is 51.5 Å². The van der Waals surface area contributed by atoms with Gasteiger partial charge in [-0.25, -0.2) is 8.78 Å². The minimum absolute atomic E-state index is 0.0114. The van der Waals surface area contributed by atoms with Crippen molar-refractivity contribution in [3.8, 4) is 5.75 Å². The molecule has 4 fully saturated rings. The largest absolute Gasteiger partial charge is 0.488 e. The summed E-state index contributed by atoms with van der Waals surface area (Å²) in [6, 6.07) is 3.02. The highest BCUT2D eigenvalue weighted by molar-refractivity contribution is 5.83. The fraction of sp³-hybridized carbons (Fsp3) is 0.650. The summed E-state index contributed by atoms with van der Waals surface area (Å²) in [4.78, 5) is 12.9. The first kappa shape index (κ1) is 16.8. The van der Waals surface area contributed by atoms with Crippen LogP contribution in [0.1, 0.15) is 45.4 Å². The molecule has 1 aromatic rings. The van der Waals surface area contributed by atoms with E-state index in [2.05, 4.69) is 5.32 Å². The van der Waals surface area contributed by atoms with E-state index >= 15 is 0 Å². The van der Waals surface area contributed by atoms with E-state index in [9.17, 15) is 13.6 Å². The minimum atomic E-state index is -0.723. The topological polar surface area (TPSA) is 38.3 Å². The van der Waals surface area contributed by atoms with Gasteiger partial charge >= 0.3 is 0 Å². The Labute approximate surface area is 147 Å². The lowest BCUT2D eigenvalue weighted by atomic mass is 9.49. The Morgan fingerprint density at radius 1 is 1.20 bits per heavy atom. The van der Waals surface area contributed by atoms with Crippen LogP contribution < -0.4 is 10.1 Å². The zero-order valence-corrected chi connectivity index (χ0v) is 14.6. The number of hydrogen-bond acceptors (Lipinski definition) is 2. The lowest BCUT2D eigenvalue weighted by molar-refractivity contribution is -0.147. The zero-order chi connectivity index (χ0) is 17.6. The van der Waals surface area contributed by atoms with Gasteiger partial charge in [-0.3, -0.25) is 4.79 Å². The van der Waals surface area contributed by atoms with Crippen LogP contribution in [0.4, 0.5) is 8.78 Å². The first-order valence-electron chi connectivity index (χ1n) is 9.32. The molecular formula is C20H25F2NO2. The normalized spacial score (nSPS) is 34.0. The lowest BCUT2D eigenvalue weighted by Crippen LogP contribution is -2.55. The van der Waals surface area contributed by atoms with Gasteiger partial charge in [0.1, 0.15) is 12.4 Å². The van der Waals surface area contributed by atoms with Crippen molar-refractivity contribution in [3.63, 3.8) is 0 Å². The maximum Gasteiger partial charge on any atom is 0.226 e. The number of hydrogen-bond donors (Lipinski definition) is 1. The molecule has 0 heterocycles. The maximum atomic E-state index is 13.6. The van der Waals surface area contributed by atoms with Gasteiger partial charge in [0.2, 0.25) is 5.91 Å². The van der Waals surface area contributed by atoms with E-state index in [1.165, 1.54) is 25.3 Å². The molecule has 1 amide bonds. The zero-order valence-electron chi connectivity index (χ0n) is 14.6. The summed E-state index contributed by atoms with van der Waals surface area (Å²) in [7, 11) is 0. The van der Waals surface area contributed by atoms with Gasteiger partial charge in [0.25, 0.3) is 0 Å². The molecule has 1 atom stereocenters. The van der Waals surface area contributed by atoms with Gasteiger partial charge in [-0.1, -0.05) is 0 Å². The van der Waals surface area contributed by atoms with Gasteiger partial charge in [-0.15, -0.1) is 0 Å². The molecule has 0 unspecified atom stereocenters. The molecule has 4 aliphatic rings. The van der Waals surface area contributed by atoms with Gasteiger partial charge in [0.15, 0.2) is 11.6 Å². The summed E-state index contributed by atoms with van der Waals surface area (Å²) in [5, 5.41) is 3.08. The van der Waals surface area contributed by atoms with Crippen LogP contribution >= 0.6 is 0 Å². The van der Waals surface area contributed by atoms with Gasteiger partial charge < -0.3 is 10.1 Å². The average molecular weight is 349 g/mol. The summed E-state index contributed by atoms with van der Waals surface area (Å²) in [5.41, 5.74) is -0.190. The quantitative estimate of drug-likeness (QED) is 0.870. The molecule has 4 aliphatic carbocycles. The third kappa shape index (κ3) is 3.25.